The molecule has 0 spiro atoms. The molecule has 6 heteroatoms. The number of carbonyl (C=O) groups excluding carboxylic acids is 1. The highest BCUT2D eigenvalue weighted by Gasteiger charge is 2.13. The minimum atomic E-state index is -0.0684. The smallest absolute Gasteiger partial charge is 0.253 e. The largest absolute Gasteiger partial charge is 0.352 e. The van der Waals surface area contributed by atoms with Crippen LogP contribution in [-0.4, -0.2) is 47.0 Å². The van der Waals surface area contributed by atoms with E-state index >= 15 is 0 Å². The number of para-hydroxylation sites is 1. The maximum Gasteiger partial charge on any atom is 0.253 e. The molecule has 1 aliphatic heterocycles. The maximum absolute atomic E-state index is 12.6. The normalized spacial score (nSPS) is 14.7. The average Bonchev–Trinajstić information content (AvgIpc) is 2.65. The number of anilines is 2. The van der Waals surface area contributed by atoms with E-state index in [0.717, 1.165) is 30.0 Å². The molecule has 1 fully saturated rings. The molecule has 0 saturated carbocycles. The summed E-state index contributed by atoms with van der Waals surface area (Å²) in [5.74, 6) is 0.443. The molecule has 0 aliphatic carbocycles. The first-order valence-electron chi connectivity index (χ1n) is 9.81. The molecular weight excluding hydrogens is 338 g/mol. The van der Waals surface area contributed by atoms with E-state index in [1.807, 2.05) is 44.2 Å². The van der Waals surface area contributed by atoms with Crippen LogP contribution in [-0.2, 0) is 0 Å². The summed E-state index contributed by atoms with van der Waals surface area (Å²) >= 11 is 0. The molecule has 2 N–H and O–H groups in total. The van der Waals surface area contributed by atoms with Gasteiger partial charge in [0.1, 0.15) is 0 Å². The number of piperidine rings is 1. The fourth-order valence-electron chi connectivity index (χ4n) is 3.48. The Morgan fingerprint density at radius 1 is 1.07 bits per heavy atom. The van der Waals surface area contributed by atoms with E-state index in [4.69, 9.17) is 0 Å². The van der Waals surface area contributed by atoms with Gasteiger partial charge in [-0.1, -0.05) is 18.6 Å². The molecular formula is C21H29N5O. The van der Waals surface area contributed by atoms with Crippen molar-refractivity contribution in [2.75, 3.05) is 31.5 Å². The van der Waals surface area contributed by atoms with Gasteiger partial charge in [-0.05, 0) is 70.9 Å². The first kappa shape index (κ1) is 19.3. The van der Waals surface area contributed by atoms with Crippen LogP contribution in [0.1, 0.15) is 47.4 Å². The maximum atomic E-state index is 12.6. The monoisotopic (exact) mass is 367 g/mol. The molecule has 2 heterocycles. The zero-order valence-electron chi connectivity index (χ0n) is 16.3. The summed E-state index contributed by atoms with van der Waals surface area (Å²) in [6.45, 7) is 7.98. The van der Waals surface area contributed by atoms with Crippen LogP contribution in [0.2, 0.25) is 0 Å². The summed E-state index contributed by atoms with van der Waals surface area (Å²) in [5.41, 5.74) is 3.11. The highest BCUT2D eigenvalue weighted by Crippen LogP contribution is 2.19. The third-order valence-corrected chi connectivity index (χ3v) is 4.79. The summed E-state index contributed by atoms with van der Waals surface area (Å²) in [7, 11) is 0. The number of benzene rings is 1. The molecule has 3 rings (SSSR count). The Bertz CT molecular complexity index is 751. The molecule has 1 aliphatic rings. The lowest BCUT2D eigenvalue weighted by Crippen LogP contribution is -2.33. The standard InChI is InChI=1S/C21H29N5O/c1-16-15-17(2)24-21(23-16)25-19-10-5-4-9-18(19)20(27)22-11-8-14-26-12-6-3-7-13-26/h4-5,9-10,15H,3,6-8,11-14H2,1-2H3,(H,22,27)(H,23,24,25). The first-order chi connectivity index (χ1) is 13.1. The van der Waals surface area contributed by atoms with E-state index in [0.29, 0.717) is 18.1 Å². The fourth-order valence-corrected chi connectivity index (χ4v) is 3.48. The van der Waals surface area contributed by atoms with Crippen molar-refractivity contribution in [3.05, 3.63) is 47.3 Å². The van der Waals surface area contributed by atoms with Crippen LogP contribution >= 0.6 is 0 Å². The van der Waals surface area contributed by atoms with Crippen LogP contribution in [0.5, 0.6) is 0 Å². The highest BCUT2D eigenvalue weighted by molar-refractivity contribution is 6.00. The lowest BCUT2D eigenvalue weighted by Gasteiger charge is -2.26. The minimum Gasteiger partial charge on any atom is -0.352 e. The Labute approximate surface area is 161 Å². The number of hydrogen-bond donors (Lipinski definition) is 2. The number of amides is 1. The van der Waals surface area contributed by atoms with Crippen molar-refractivity contribution >= 4 is 17.5 Å². The minimum absolute atomic E-state index is 0.0684. The zero-order chi connectivity index (χ0) is 19.1. The zero-order valence-corrected chi connectivity index (χ0v) is 16.3. The van der Waals surface area contributed by atoms with Crippen molar-refractivity contribution < 1.29 is 4.79 Å². The van der Waals surface area contributed by atoms with E-state index in [9.17, 15) is 4.79 Å². The summed E-state index contributed by atoms with van der Waals surface area (Å²) in [6.07, 6.45) is 4.92. The van der Waals surface area contributed by atoms with Crippen molar-refractivity contribution in [3.63, 3.8) is 0 Å². The summed E-state index contributed by atoms with van der Waals surface area (Å²) < 4.78 is 0. The SMILES string of the molecule is Cc1cc(C)nc(Nc2ccccc2C(=O)NCCCN2CCCCC2)n1. The number of carbonyl (C=O) groups is 1. The lowest BCUT2D eigenvalue weighted by molar-refractivity contribution is 0.0952. The molecule has 0 atom stereocenters. The van der Waals surface area contributed by atoms with Crippen molar-refractivity contribution in [1.82, 2.24) is 20.2 Å². The summed E-state index contributed by atoms with van der Waals surface area (Å²) in [5, 5.41) is 6.23. The second-order valence-electron chi connectivity index (χ2n) is 7.16. The number of nitrogens with one attached hydrogen (secondary N) is 2. The van der Waals surface area contributed by atoms with Crippen LogP contribution in [0.4, 0.5) is 11.6 Å². The predicted molar refractivity (Wildman–Crippen MR) is 108 cm³/mol. The van der Waals surface area contributed by atoms with Crippen LogP contribution < -0.4 is 10.6 Å². The van der Waals surface area contributed by atoms with Crippen LogP contribution in [0, 0.1) is 13.8 Å². The lowest BCUT2D eigenvalue weighted by atomic mass is 10.1. The van der Waals surface area contributed by atoms with E-state index in [1.165, 1.54) is 32.4 Å². The van der Waals surface area contributed by atoms with Crippen molar-refractivity contribution in [3.8, 4) is 0 Å². The van der Waals surface area contributed by atoms with Crippen molar-refractivity contribution in [1.29, 1.82) is 0 Å². The van der Waals surface area contributed by atoms with Crippen LogP contribution in [0.3, 0.4) is 0 Å². The van der Waals surface area contributed by atoms with E-state index in [-0.39, 0.29) is 5.91 Å². The van der Waals surface area contributed by atoms with E-state index in [1.54, 1.807) is 0 Å². The number of likely N-dealkylation sites (tertiary alicyclic amines) is 1. The molecule has 144 valence electrons. The number of hydrogen-bond acceptors (Lipinski definition) is 5. The Balaban J connectivity index is 1.56. The third-order valence-electron chi connectivity index (χ3n) is 4.79. The van der Waals surface area contributed by atoms with Gasteiger partial charge < -0.3 is 15.5 Å². The molecule has 1 aromatic carbocycles. The van der Waals surface area contributed by atoms with Gasteiger partial charge in [-0.3, -0.25) is 4.79 Å². The summed E-state index contributed by atoms with van der Waals surface area (Å²) in [6, 6.07) is 9.40. The van der Waals surface area contributed by atoms with Gasteiger partial charge >= 0.3 is 0 Å². The van der Waals surface area contributed by atoms with Crippen molar-refractivity contribution in [2.24, 2.45) is 0 Å². The van der Waals surface area contributed by atoms with Gasteiger partial charge in [0.05, 0.1) is 11.3 Å². The van der Waals surface area contributed by atoms with E-state index in [2.05, 4.69) is 25.5 Å². The Morgan fingerprint density at radius 2 is 1.78 bits per heavy atom. The molecule has 1 saturated heterocycles. The molecule has 2 aromatic rings. The number of aromatic nitrogens is 2. The molecule has 1 aromatic heterocycles. The van der Waals surface area contributed by atoms with Gasteiger partial charge in [0.15, 0.2) is 0 Å². The Kier molecular flexibility index (Phi) is 6.76. The molecule has 1 amide bonds. The van der Waals surface area contributed by atoms with E-state index < -0.39 is 0 Å². The number of aryl methyl sites for hydroxylation is 2. The Morgan fingerprint density at radius 3 is 2.52 bits per heavy atom. The third kappa shape index (κ3) is 5.76. The summed E-state index contributed by atoms with van der Waals surface area (Å²) in [4.78, 5) is 23.9. The average molecular weight is 367 g/mol. The second kappa shape index (κ2) is 9.46. The first-order valence-corrected chi connectivity index (χ1v) is 9.81. The van der Waals surface area contributed by atoms with Crippen molar-refractivity contribution in [2.45, 2.75) is 39.5 Å². The van der Waals surface area contributed by atoms with Gasteiger partial charge in [-0.25, -0.2) is 9.97 Å². The van der Waals surface area contributed by atoms with Gasteiger partial charge in [0.2, 0.25) is 5.95 Å². The second-order valence-corrected chi connectivity index (χ2v) is 7.16. The van der Waals surface area contributed by atoms with Gasteiger partial charge in [0, 0.05) is 17.9 Å². The molecule has 0 radical (unpaired) electrons. The van der Waals surface area contributed by atoms with Crippen LogP contribution in [0.15, 0.2) is 30.3 Å². The van der Waals surface area contributed by atoms with Gasteiger partial charge in [-0.2, -0.15) is 0 Å². The van der Waals surface area contributed by atoms with Crippen LogP contribution in [0.25, 0.3) is 0 Å². The highest BCUT2D eigenvalue weighted by atomic mass is 16.1. The quantitative estimate of drug-likeness (QED) is 0.734. The molecule has 27 heavy (non-hydrogen) atoms. The predicted octanol–water partition coefficient (Wildman–Crippen LogP) is 3.44. The number of rotatable bonds is 7. The Hall–Kier alpha value is -2.47. The topological polar surface area (TPSA) is 70.2 Å². The molecule has 0 unspecified atom stereocenters. The van der Waals surface area contributed by atoms with Gasteiger partial charge in [-0.15, -0.1) is 0 Å². The van der Waals surface area contributed by atoms with Gasteiger partial charge in [0.25, 0.3) is 5.91 Å². The molecule has 6 nitrogen and oxygen atoms in total. The number of nitrogens with zero attached hydrogens (tertiary/aromatic N) is 3. The fraction of sp³-hybridized carbons (Fsp3) is 0.476. The molecule has 0 bridgehead atoms.